The van der Waals surface area contributed by atoms with Crippen molar-refractivity contribution in [3.05, 3.63) is 35.4 Å². The number of nitrogens with one attached hydrogen (secondary N) is 1. The first-order valence-electron chi connectivity index (χ1n) is 10.9. The van der Waals surface area contributed by atoms with Crippen LogP contribution in [0.5, 0.6) is 0 Å². The summed E-state index contributed by atoms with van der Waals surface area (Å²) in [5.41, 5.74) is 3.48. The van der Waals surface area contributed by atoms with E-state index in [1.807, 2.05) is 0 Å². The predicted molar refractivity (Wildman–Crippen MR) is 119 cm³/mol. The molecule has 2 amide bonds. The van der Waals surface area contributed by atoms with Gasteiger partial charge in [-0.25, -0.2) is 4.79 Å². The Bertz CT molecular complexity index is 690. The average molecular weight is 388 g/mol. The lowest BCUT2D eigenvalue weighted by Crippen LogP contribution is -2.49. The molecule has 1 N–H and O–H groups in total. The lowest BCUT2D eigenvalue weighted by atomic mass is 9.63. The van der Waals surface area contributed by atoms with E-state index >= 15 is 0 Å². The maximum atomic E-state index is 12.2. The molecule has 2 aliphatic rings. The van der Waals surface area contributed by atoms with Gasteiger partial charge in [-0.15, -0.1) is 0 Å². The molecule has 1 heterocycles. The lowest BCUT2D eigenvalue weighted by Gasteiger charge is -2.49. The van der Waals surface area contributed by atoms with Crippen molar-refractivity contribution in [2.24, 2.45) is 5.41 Å². The van der Waals surface area contributed by atoms with Gasteiger partial charge in [-0.05, 0) is 74.1 Å². The monoisotopic (exact) mass is 387 g/mol. The number of benzene rings is 1. The molecule has 2 atom stereocenters. The van der Waals surface area contributed by atoms with Gasteiger partial charge in [-0.3, -0.25) is 0 Å². The number of fused-ring (bicyclic) bond motifs is 2. The number of urea groups is 1. The molecular weight excluding hydrogens is 346 g/mol. The Morgan fingerprint density at radius 3 is 2.50 bits per heavy atom. The van der Waals surface area contributed by atoms with Crippen molar-refractivity contribution >= 4 is 6.03 Å². The van der Waals surface area contributed by atoms with Crippen LogP contribution in [0.2, 0.25) is 0 Å². The number of piperidine rings is 1. The van der Waals surface area contributed by atoms with Crippen LogP contribution < -0.4 is 5.32 Å². The van der Waals surface area contributed by atoms with E-state index in [1.165, 1.54) is 49.9 Å². The molecule has 3 rings (SSSR count). The molecule has 1 aliphatic carbocycles. The van der Waals surface area contributed by atoms with Crippen molar-refractivity contribution in [2.75, 3.05) is 27.2 Å². The zero-order valence-corrected chi connectivity index (χ0v) is 18.7. The molecule has 1 saturated heterocycles. The summed E-state index contributed by atoms with van der Waals surface area (Å²) < 4.78 is 0. The van der Waals surface area contributed by atoms with Crippen LogP contribution in [-0.2, 0) is 5.41 Å². The molecule has 0 bridgehead atoms. The largest absolute Gasteiger partial charge is 0.331 e. The molecule has 4 nitrogen and oxygen atoms in total. The molecule has 0 radical (unpaired) electrons. The molecule has 0 aromatic heterocycles. The van der Waals surface area contributed by atoms with Crippen LogP contribution in [0.4, 0.5) is 4.79 Å². The highest BCUT2D eigenvalue weighted by Crippen LogP contribution is 2.48. The highest BCUT2D eigenvalue weighted by molar-refractivity contribution is 5.74. The van der Waals surface area contributed by atoms with Gasteiger partial charge in [0.2, 0.25) is 0 Å². The first-order valence-corrected chi connectivity index (χ1v) is 10.9. The summed E-state index contributed by atoms with van der Waals surface area (Å²) in [6.07, 6.45) is 5.91. The SMILES string of the molecule is CC(CC(C)(C)C)N1CCC2(CC[C@H](NC(=O)N(C)C)c3ccccc32)CC1.[HH]. The van der Waals surface area contributed by atoms with E-state index in [9.17, 15) is 4.79 Å². The maximum absolute atomic E-state index is 12.2. The fourth-order valence-corrected chi connectivity index (χ4v) is 5.35. The second-order valence-corrected chi connectivity index (χ2v) is 10.5. The van der Waals surface area contributed by atoms with Crippen LogP contribution in [0.15, 0.2) is 24.3 Å². The first kappa shape index (κ1) is 21.2. The molecule has 158 valence electrons. The third-order valence-electron chi connectivity index (χ3n) is 6.81. The molecule has 4 heteroatoms. The molecule has 1 unspecified atom stereocenters. The number of amides is 2. The van der Waals surface area contributed by atoms with Gasteiger partial charge >= 0.3 is 6.03 Å². The first-order chi connectivity index (χ1) is 13.1. The Kier molecular flexibility index (Phi) is 6.09. The van der Waals surface area contributed by atoms with Gasteiger partial charge in [0.05, 0.1) is 6.04 Å². The smallest absolute Gasteiger partial charge is 0.317 e. The van der Waals surface area contributed by atoms with Crippen LogP contribution in [0, 0.1) is 5.41 Å². The third-order valence-corrected chi connectivity index (χ3v) is 6.81. The van der Waals surface area contributed by atoms with Crippen molar-refractivity contribution in [3.8, 4) is 0 Å². The quantitative estimate of drug-likeness (QED) is 0.774. The summed E-state index contributed by atoms with van der Waals surface area (Å²) >= 11 is 0. The number of likely N-dealkylation sites (tertiary alicyclic amines) is 1. The summed E-state index contributed by atoms with van der Waals surface area (Å²) in [6, 6.07) is 9.61. The van der Waals surface area contributed by atoms with Crippen molar-refractivity contribution in [1.82, 2.24) is 15.1 Å². The van der Waals surface area contributed by atoms with E-state index < -0.39 is 0 Å². The average Bonchev–Trinajstić information content (AvgIpc) is 2.63. The van der Waals surface area contributed by atoms with Gasteiger partial charge < -0.3 is 15.1 Å². The third kappa shape index (κ3) is 4.53. The number of nitrogens with zero attached hydrogens (tertiary/aromatic N) is 2. The fourth-order valence-electron chi connectivity index (χ4n) is 5.35. The Balaban J connectivity index is 0.00000300. The lowest BCUT2D eigenvalue weighted by molar-refractivity contribution is 0.0881. The predicted octanol–water partition coefficient (Wildman–Crippen LogP) is 5.20. The van der Waals surface area contributed by atoms with Gasteiger partial charge in [-0.1, -0.05) is 45.0 Å². The molecule has 1 aromatic rings. The highest BCUT2D eigenvalue weighted by Gasteiger charge is 2.42. The summed E-state index contributed by atoms with van der Waals surface area (Å²) in [5, 5.41) is 3.23. The summed E-state index contributed by atoms with van der Waals surface area (Å²) in [4.78, 5) is 16.5. The molecule has 1 fully saturated rings. The number of carbonyl (C=O) groups excluding carboxylic acids is 1. The van der Waals surface area contributed by atoms with Gasteiger partial charge in [0.15, 0.2) is 0 Å². The Labute approximate surface area is 173 Å². The number of hydrogen-bond donors (Lipinski definition) is 1. The zero-order chi connectivity index (χ0) is 20.5. The fraction of sp³-hybridized carbons (Fsp3) is 0.708. The second-order valence-electron chi connectivity index (χ2n) is 10.5. The van der Waals surface area contributed by atoms with E-state index in [0.717, 1.165) is 6.42 Å². The summed E-state index contributed by atoms with van der Waals surface area (Å²) in [6.45, 7) is 11.8. The minimum atomic E-state index is 0. The van der Waals surface area contributed by atoms with Crippen molar-refractivity contribution in [1.29, 1.82) is 0 Å². The van der Waals surface area contributed by atoms with E-state index in [2.05, 4.69) is 62.2 Å². The van der Waals surface area contributed by atoms with Gasteiger partial charge in [0.1, 0.15) is 0 Å². The van der Waals surface area contributed by atoms with Crippen molar-refractivity contribution in [2.45, 2.75) is 77.3 Å². The van der Waals surface area contributed by atoms with Crippen LogP contribution in [-0.4, -0.2) is 49.1 Å². The minimum Gasteiger partial charge on any atom is -0.331 e. The Morgan fingerprint density at radius 1 is 1.25 bits per heavy atom. The number of carbonyl (C=O) groups is 1. The van der Waals surface area contributed by atoms with E-state index in [4.69, 9.17) is 0 Å². The molecule has 28 heavy (non-hydrogen) atoms. The van der Waals surface area contributed by atoms with E-state index in [1.54, 1.807) is 19.0 Å². The van der Waals surface area contributed by atoms with Gasteiger partial charge in [0, 0.05) is 21.6 Å². The van der Waals surface area contributed by atoms with E-state index in [-0.39, 0.29) is 18.9 Å². The van der Waals surface area contributed by atoms with Crippen molar-refractivity contribution < 1.29 is 6.22 Å². The minimum absolute atomic E-state index is 0. The number of rotatable bonds is 3. The molecule has 0 saturated carbocycles. The molecule has 1 aliphatic heterocycles. The Morgan fingerprint density at radius 2 is 1.89 bits per heavy atom. The normalized spacial score (nSPS) is 23.1. The van der Waals surface area contributed by atoms with Crippen LogP contribution >= 0.6 is 0 Å². The topological polar surface area (TPSA) is 35.6 Å². The maximum Gasteiger partial charge on any atom is 0.317 e. The van der Waals surface area contributed by atoms with Gasteiger partial charge in [0.25, 0.3) is 0 Å². The molecule has 1 aromatic carbocycles. The van der Waals surface area contributed by atoms with Crippen molar-refractivity contribution in [3.63, 3.8) is 0 Å². The highest BCUT2D eigenvalue weighted by atomic mass is 16.2. The molecule has 1 spiro atoms. The second kappa shape index (κ2) is 8.06. The summed E-state index contributed by atoms with van der Waals surface area (Å²) in [7, 11) is 3.61. The standard InChI is InChI=1S/C24H39N3O.H2/c1-18(17-23(2,3)4)27-15-13-24(14-16-27)12-11-21(25-22(28)26(5)6)19-9-7-8-10-20(19)24;/h7-10,18,21H,11-17H2,1-6H3,(H,25,28);1H/t18?,21-;/m0./s1. The van der Waals surface area contributed by atoms with Gasteiger partial charge in [-0.2, -0.15) is 0 Å². The van der Waals surface area contributed by atoms with Crippen LogP contribution in [0.1, 0.15) is 78.4 Å². The number of hydrogen-bond acceptors (Lipinski definition) is 2. The van der Waals surface area contributed by atoms with Crippen LogP contribution in [0.3, 0.4) is 0 Å². The Hall–Kier alpha value is -1.55. The van der Waals surface area contributed by atoms with Crippen LogP contribution in [0.25, 0.3) is 0 Å². The summed E-state index contributed by atoms with van der Waals surface area (Å²) in [5.74, 6) is 0. The zero-order valence-electron chi connectivity index (χ0n) is 18.7. The van der Waals surface area contributed by atoms with E-state index in [0.29, 0.717) is 11.5 Å². The molecular formula is C24H41N3O.